The Balaban J connectivity index is 1.68. The van der Waals surface area contributed by atoms with Crippen LogP contribution in [0.1, 0.15) is 31.9 Å². The molecule has 1 fully saturated rings. The lowest BCUT2D eigenvalue weighted by molar-refractivity contribution is -0.121. The number of anilines is 1. The van der Waals surface area contributed by atoms with Crippen LogP contribution in [-0.4, -0.2) is 38.0 Å². The second-order valence-electron chi connectivity index (χ2n) is 8.94. The molecule has 0 N–H and O–H groups in total. The second kappa shape index (κ2) is 9.51. The SMILES string of the molecule is C=CCN1C(=O)/C(=C\C=C2/N(C)c3ccccc3C2(C)C)S/C1=N\S(=O)(=O)c1ccc(CC)cc1. The lowest BCUT2D eigenvalue weighted by Crippen LogP contribution is -2.29. The van der Waals surface area contributed by atoms with Gasteiger partial charge in [0.15, 0.2) is 5.17 Å². The van der Waals surface area contributed by atoms with Crippen molar-refractivity contribution in [3.05, 3.63) is 95.1 Å². The summed E-state index contributed by atoms with van der Waals surface area (Å²) in [5.41, 5.74) is 4.19. The third-order valence-corrected chi connectivity index (χ3v) is 8.78. The third kappa shape index (κ3) is 4.60. The molecule has 0 aromatic heterocycles. The van der Waals surface area contributed by atoms with Gasteiger partial charge in [-0.3, -0.25) is 9.69 Å². The monoisotopic (exact) mass is 507 g/mol. The summed E-state index contributed by atoms with van der Waals surface area (Å²) >= 11 is 1.06. The number of carbonyl (C=O) groups is 1. The largest absolute Gasteiger partial charge is 0.347 e. The molecule has 35 heavy (non-hydrogen) atoms. The fraction of sp³-hybridized carbons (Fsp3) is 0.259. The van der Waals surface area contributed by atoms with Crippen LogP contribution in [0.25, 0.3) is 0 Å². The average molecular weight is 508 g/mol. The highest BCUT2D eigenvalue weighted by atomic mass is 32.2. The summed E-state index contributed by atoms with van der Waals surface area (Å²) in [5, 5.41) is 0.126. The van der Waals surface area contributed by atoms with Gasteiger partial charge in [0.05, 0.1) is 9.80 Å². The van der Waals surface area contributed by atoms with Gasteiger partial charge in [0.2, 0.25) is 0 Å². The number of aryl methyl sites for hydroxylation is 1. The van der Waals surface area contributed by atoms with Gasteiger partial charge in [-0.15, -0.1) is 11.0 Å². The number of hydrogen-bond acceptors (Lipinski definition) is 5. The molecule has 1 amide bonds. The van der Waals surface area contributed by atoms with Gasteiger partial charge in [-0.25, -0.2) is 0 Å². The molecule has 0 aliphatic carbocycles. The van der Waals surface area contributed by atoms with Crippen molar-refractivity contribution in [3.63, 3.8) is 0 Å². The van der Waals surface area contributed by atoms with Crippen LogP contribution < -0.4 is 4.90 Å². The fourth-order valence-corrected chi connectivity index (χ4v) is 6.52. The van der Waals surface area contributed by atoms with Crippen molar-refractivity contribution in [2.45, 2.75) is 37.5 Å². The summed E-state index contributed by atoms with van der Waals surface area (Å²) in [5.74, 6) is -0.294. The number of hydrogen-bond donors (Lipinski definition) is 0. The van der Waals surface area contributed by atoms with E-state index in [1.54, 1.807) is 36.4 Å². The minimum absolute atomic E-state index is 0.0976. The van der Waals surface area contributed by atoms with Crippen molar-refractivity contribution in [2.24, 2.45) is 4.40 Å². The Morgan fingerprint density at radius 1 is 1.09 bits per heavy atom. The molecule has 0 saturated carbocycles. The van der Waals surface area contributed by atoms with Crippen LogP contribution in [0.15, 0.2) is 93.2 Å². The lowest BCUT2D eigenvalue weighted by atomic mass is 9.84. The Morgan fingerprint density at radius 2 is 1.77 bits per heavy atom. The number of likely N-dealkylation sites (N-methyl/N-ethyl adjacent to an activating group) is 1. The summed E-state index contributed by atoms with van der Waals surface area (Å²) in [6.07, 6.45) is 6.07. The highest BCUT2D eigenvalue weighted by molar-refractivity contribution is 8.19. The van der Waals surface area contributed by atoms with Crippen molar-refractivity contribution in [3.8, 4) is 0 Å². The van der Waals surface area contributed by atoms with Gasteiger partial charge in [-0.05, 0) is 59.7 Å². The molecule has 6 nitrogen and oxygen atoms in total. The molecule has 2 aromatic carbocycles. The topological polar surface area (TPSA) is 70.1 Å². The molecule has 182 valence electrons. The highest BCUT2D eigenvalue weighted by Gasteiger charge is 2.38. The Morgan fingerprint density at radius 3 is 2.40 bits per heavy atom. The average Bonchev–Trinajstić information content (AvgIpc) is 3.22. The first-order valence-electron chi connectivity index (χ1n) is 11.4. The Kier molecular flexibility index (Phi) is 6.79. The van der Waals surface area contributed by atoms with Crippen molar-refractivity contribution in [1.29, 1.82) is 0 Å². The van der Waals surface area contributed by atoms with E-state index < -0.39 is 10.0 Å². The van der Waals surface area contributed by atoms with Crippen LogP contribution in [0.2, 0.25) is 0 Å². The zero-order valence-corrected chi connectivity index (χ0v) is 22.0. The number of fused-ring (bicyclic) bond motifs is 1. The van der Waals surface area contributed by atoms with Crippen LogP contribution in [-0.2, 0) is 26.7 Å². The number of benzene rings is 2. The summed E-state index contributed by atoms with van der Waals surface area (Å²) in [6, 6.07) is 14.9. The number of rotatable bonds is 6. The molecule has 0 unspecified atom stereocenters. The van der Waals surface area contributed by atoms with Crippen LogP contribution in [0.4, 0.5) is 5.69 Å². The first-order valence-corrected chi connectivity index (χ1v) is 13.7. The maximum Gasteiger partial charge on any atom is 0.284 e. The number of thioether (sulfide) groups is 1. The minimum atomic E-state index is -3.97. The smallest absolute Gasteiger partial charge is 0.284 e. The third-order valence-electron chi connectivity index (χ3n) is 6.36. The Hall–Kier alpha value is -3.10. The van der Waals surface area contributed by atoms with E-state index in [4.69, 9.17) is 0 Å². The van der Waals surface area contributed by atoms with Gasteiger partial charge in [0.1, 0.15) is 0 Å². The lowest BCUT2D eigenvalue weighted by Gasteiger charge is -2.23. The second-order valence-corrected chi connectivity index (χ2v) is 11.6. The molecule has 0 bridgehead atoms. The molecular formula is C27H29N3O3S2. The van der Waals surface area contributed by atoms with Gasteiger partial charge in [-0.2, -0.15) is 8.42 Å². The van der Waals surface area contributed by atoms with Gasteiger partial charge < -0.3 is 4.90 Å². The van der Waals surface area contributed by atoms with E-state index in [9.17, 15) is 13.2 Å². The number of allylic oxidation sites excluding steroid dienone is 3. The van der Waals surface area contributed by atoms with Crippen LogP contribution in [0, 0.1) is 0 Å². The van der Waals surface area contributed by atoms with Gasteiger partial charge >= 0.3 is 0 Å². The summed E-state index contributed by atoms with van der Waals surface area (Å²) in [7, 11) is -1.96. The standard InChI is InChI=1S/C27H29N3O3S2/c1-6-18-30-25(31)23(16-17-24-27(3,4)21-10-8-9-11-22(21)29(24)5)34-26(30)28-35(32,33)20-14-12-19(7-2)13-15-20/h6,8-17H,1,7,18H2,2-5H3/b23-16+,24-17-,28-26-. The number of amides is 1. The maximum atomic E-state index is 13.1. The molecule has 2 heterocycles. The summed E-state index contributed by atoms with van der Waals surface area (Å²) in [4.78, 5) is 17.1. The van der Waals surface area contributed by atoms with E-state index >= 15 is 0 Å². The first-order chi connectivity index (χ1) is 16.6. The van der Waals surface area contributed by atoms with E-state index in [2.05, 4.69) is 41.9 Å². The zero-order chi connectivity index (χ0) is 25.4. The van der Waals surface area contributed by atoms with Gasteiger partial charge in [0.25, 0.3) is 15.9 Å². The molecule has 1 saturated heterocycles. The molecule has 0 atom stereocenters. The fourth-order valence-electron chi connectivity index (χ4n) is 4.39. The van der Waals surface area contributed by atoms with Crippen molar-refractivity contribution in [1.82, 2.24) is 4.90 Å². The molecule has 8 heteroatoms. The van der Waals surface area contributed by atoms with Crippen molar-refractivity contribution >= 4 is 38.5 Å². The van der Waals surface area contributed by atoms with Gasteiger partial charge in [-0.1, -0.05) is 57.2 Å². The zero-order valence-electron chi connectivity index (χ0n) is 20.4. The number of carbonyl (C=O) groups excluding carboxylic acids is 1. The Bertz CT molecular complexity index is 1370. The molecule has 2 aromatic rings. The van der Waals surface area contributed by atoms with E-state index in [1.165, 1.54) is 10.5 Å². The van der Waals surface area contributed by atoms with E-state index in [1.807, 2.05) is 32.2 Å². The molecule has 0 spiro atoms. The van der Waals surface area contributed by atoms with Gasteiger partial charge in [0, 0.05) is 30.4 Å². The van der Waals surface area contributed by atoms with Crippen molar-refractivity contribution in [2.75, 3.05) is 18.5 Å². The number of sulfonamides is 1. The molecule has 4 rings (SSSR count). The van der Waals surface area contributed by atoms with Crippen LogP contribution >= 0.6 is 11.8 Å². The van der Waals surface area contributed by atoms with E-state index in [-0.39, 0.29) is 27.9 Å². The first kappa shape index (κ1) is 25.0. The number of para-hydroxylation sites is 1. The molecule has 2 aliphatic rings. The van der Waals surface area contributed by atoms with Crippen LogP contribution in [0.3, 0.4) is 0 Å². The number of nitrogens with zero attached hydrogens (tertiary/aromatic N) is 3. The minimum Gasteiger partial charge on any atom is -0.347 e. The maximum absolute atomic E-state index is 13.1. The Labute approximate surface area is 211 Å². The summed E-state index contributed by atoms with van der Waals surface area (Å²) < 4.78 is 30.0. The van der Waals surface area contributed by atoms with E-state index in [0.29, 0.717) is 4.91 Å². The predicted molar refractivity (Wildman–Crippen MR) is 144 cm³/mol. The summed E-state index contributed by atoms with van der Waals surface area (Å²) in [6.45, 7) is 10.2. The van der Waals surface area contributed by atoms with Crippen LogP contribution in [0.5, 0.6) is 0 Å². The molecule has 0 radical (unpaired) electrons. The van der Waals surface area contributed by atoms with E-state index in [0.717, 1.165) is 35.1 Å². The quantitative estimate of drug-likeness (QED) is 0.395. The number of amidine groups is 1. The molecular weight excluding hydrogens is 478 g/mol. The highest BCUT2D eigenvalue weighted by Crippen LogP contribution is 2.46. The molecule has 2 aliphatic heterocycles. The van der Waals surface area contributed by atoms with Crippen molar-refractivity contribution < 1.29 is 13.2 Å². The predicted octanol–water partition coefficient (Wildman–Crippen LogP) is 5.25. The normalized spacial score (nSPS) is 20.8.